The second-order valence-electron chi connectivity index (χ2n) is 6.61. The summed E-state index contributed by atoms with van der Waals surface area (Å²) >= 11 is 0. The molecule has 1 amide bonds. The van der Waals surface area contributed by atoms with Gasteiger partial charge >= 0.3 is 12.1 Å². The third-order valence-corrected chi connectivity index (χ3v) is 4.94. The molecule has 3 heterocycles. The lowest BCUT2D eigenvalue weighted by Gasteiger charge is -2.34. The zero-order valence-corrected chi connectivity index (χ0v) is 13.4. The van der Waals surface area contributed by atoms with Gasteiger partial charge in [0.25, 0.3) is 0 Å². The monoisotopic (exact) mass is 326 g/mol. The zero-order valence-electron chi connectivity index (χ0n) is 13.4. The topological polar surface area (TPSA) is 85.4 Å². The molecule has 1 atom stereocenters. The first kappa shape index (κ1) is 16.5. The standard InChI is InChI=1S/C15H26N4O4/c20-14(21)11-18-7-5-17(6-8-18)9-13-10-19(15(22)23-13)12-1-3-16-4-2-12/h12-13,16H,1-11H2,(H,20,21). The summed E-state index contributed by atoms with van der Waals surface area (Å²) in [6.07, 6.45) is 1.75. The number of piperazine rings is 1. The third-order valence-electron chi connectivity index (χ3n) is 4.94. The van der Waals surface area contributed by atoms with Gasteiger partial charge in [0.05, 0.1) is 13.1 Å². The van der Waals surface area contributed by atoms with E-state index in [0.29, 0.717) is 12.6 Å². The quantitative estimate of drug-likeness (QED) is 0.688. The van der Waals surface area contributed by atoms with Crippen molar-refractivity contribution in [3.63, 3.8) is 0 Å². The van der Waals surface area contributed by atoms with Gasteiger partial charge in [0, 0.05) is 38.8 Å². The van der Waals surface area contributed by atoms with Crippen LogP contribution in [0, 0.1) is 0 Å². The summed E-state index contributed by atoms with van der Waals surface area (Å²) in [6, 6.07) is 0.307. The van der Waals surface area contributed by atoms with Crippen molar-refractivity contribution in [1.82, 2.24) is 20.0 Å². The largest absolute Gasteiger partial charge is 0.480 e. The number of carbonyl (C=O) groups is 2. The average Bonchev–Trinajstić information content (AvgIpc) is 2.90. The summed E-state index contributed by atoms with van der Waals surface area (Å²) in [6.45, 7) is 6.62. The maximum Gasteiger partial charge on any atom is 0.410 e. The Morgan fingerprint density at radius 2 is 1.83 bits per heavy atom. The Hall–Kier alpha value is -1.38. The van der Waals surface area contributed by atoms with Crippen molar-refractivity contribution in [3.05, 3.63) is 0 Å². The number of ether oxygens (including phenoxy) is 1. The molecular formula is C15H26N4O4. The molecule has 0 aromatic rings. The van der Waals surface area contributed by atoms with E-state index < -0.39 is 5.97 Å². The first-order valence-corrected chi connectivity index (χ1v) is 8.46. The van der Waals surface area contributed by atoms with Crippen LogP contribution in [0.15, 0.2) is 0 Å². The maximum atomic E-state index is 12.1. The van der Waals surface area contributed by atoms with Gasteiger partial charge in [-0.15, -0.1) is 0 Å². The van der Waals surface area contributed by atoms with Gasteiger partial charge < -0.3 is 20.1 Å². The van der Waals surface area contributed by atoms with Gasteiger partial charge in [-0.25, -0.2) is 4.79 Å². The number of rotatable bonds is 5. The van der Waals surface area contributed by atoms with Crippen molar-refractivity contribution in [2.24, 2.45) is 0 Å². The van der Waals surface area contributed by atoms with Gasteiger partial charge in [-0.3, -0.25) is 14.6 Å². The molecule has 3 rings (SSSR count). The van der Waals surface area contributed by atoms with Crippen molar-refractivity contribution in [2.45, 2.75) is 25.0 Å². The lowest BCUT2D eigenvalue weighted by molar-refractivity contribution is -0.138. The Balaban J connectivity index is 1.43. The number of aliphatic carboxylic acids is 1. The predicted molar refractivity (Wildman–Crippen MR) is 83.4 cm³/mol. The molecule has 130 valence electrons. The van der Waals surface area contributed by atoms with E-state index in [-0.39, 0.29) is 18.7 Å². The molecule has 3 saturated heterocycles. The van der Waals surface area contributed by atoms with E-state index in [0.717, 1.165) is 58.7 Å². The number of hydrogen-bond donors (Lipinski definition) is 2. The van der Waals surface area contributed by atoms with Crippen LogP contribution < -0.4 is 5.32 Å². The number of nitrogens with zero attached hydrogens (tertiary/aromatic N) is 3. The molecular weight excluding hydrogens is 300 g/mol. The second-order valence-corrected chi connectivity index (χ2v) is 6.61. The average molecular weight is 326 g/mol. The van der Waals surface area contributed by atoms with Crippen molar-refractivity contribution in [2.75, 3.05) is 58.9 Å². The summed E-state index contributed by atoms with van der Waals surface area (Å²) < 4.78 is 5.54. The number of piperidine rings is 1. The van der Waals surface area contributed by atoms with Crippen molar-refractivity contribution < 1.29 is 19.4 Å². The molecule has 0 aromatic heterocycles. The first-order chi connectivity index (χ1) is 11.1. The van der Waals surface area contributed by atoms with Crippen molar-refractivity contribution >= 4 is 12.1 Å². The Kier molecular flexibility index (Phi) is 5.34. The Morgan fingerprint density at radius 1 is 1.17 bits per heavy atom. The fraction of sp³-hybridized carbons (Fsp3) is 0.867. The summed E-state index contributed by atoms with van der Waals surface area (Å²) in [4.78, 5) is 28.9. The molecule has 0 spiro atoms. The minimum atomic E-state index is -0.777. The third kappa shape index (κ3) is 4.33. The lowest BCUT2D eigenvalue weighted by atomic mass is 10.1. The highest BCUT2D eigenvalue weighted by Gasteiger charge is 2.37. The van der Waals surface area contributed by atoms with Crippen LogP contribution in [0.1, 0.15) is 12.8 Å². The van der Waals surface area contributed by atoms with Gasteiger partial charge in [0.15, 0.2) is 0 Å². The number of carbonyl (C=O) groups excluding carboxylic acids is 1. The van der Waals surface area contributed by atoms with Crippen LogP contribution in [0.2, 0.25) is 0 Å². The van der Waals surface area contributed by atoms with E-state index in [1.807, 2.05) is 9.80 Å². The molecule has 3 aliphatic rings. The van der Waals surface area contributed by atoms with Crippen LogP contribution in [0.4, 0.5) is 4.79 Å². The molecule has 23 heavy (non-hydrogen) atoms. The summed E-state index contributed by atoms with van der Waals surface area (Å²) in [5.41, 5.74) is 0. The fourth-order valence-corrected chi connectivity index (χ4v) is 3.66. The minimum Gasteiger partial charge on any atom is -0.480 e. The number of carboxylic acids is 1. The molecule has 3 fully saturated rings. The molecule has 3 aliphatic heterocycles. The first-order valence-electron chi connectivity index (χ1n) is 8.46. The predicted octanol–water partition coefficient (Wildman–Crippen LogP) is -0.739. The van der Waals surface area contributed by atoms with Crippen LogP contribution in [0.5, 0.6) is 0 Å². The van der Waals surface area contributed by atoms with Gasteiger partial charge in [0.2, 0.25) is 0 Å². The van der Waals surface area contributed by atoms with E-state index in [9.17, 15) is 9.59 Å². The highest BCUT2D eigenvalue weighted by molar-refractivity contribution is 5.70. The summed E-state index contributed by atoms with van der Waals surface area (Å²) in [7, 11) is 0. The molecule has 0 radical (unpaired) electrons. The highest BCUT2D eigenvalue weighted by atomic mass is 16.6. The molecule has 0 saturated carbocycles. The maximum absolute atomic E-state index is 12.1. The highest BCUT2D eigenvalue weighted by Crippen LogP contribution is 2.21. The van der Waals surface area contributed by atoms with E-state index in [1.165, 1.54) is 0 Å². The van der Waals surface area contributed by atoms with E-state index in [1.54, 1.807) is 0 Å². The normalized spacial score (nSPS) is 28.1. The Labute approximate surface area is 136 Å². The van der Waals surface area contributed by atoms with E-state index in [2.05, 4.69) is 10.2 Å². The molecule has 0 aliphatic carbocycles. The molecule has 0 aromatic carbocycles. The zero-order chi connectivity index (χ0) is 16.2. The molecule has 8 heteroatoms. The fourth-order valence-electron chi connectivity index (χ4n) is 3.66. The van der Waals surface area contributed by atoms with E-state index in [4.69, 9.17) is 9.84 Å². The number of amides is 1. The van der Waals surface area contributed by atoms with Crippen molar-refractivity contribution in [1.29, 1.82) is 0 Å². The summed E-state index contributed by atoms with van der Waals surface area (Å²) in [5, 5.41) is 12.1. The number of hydrogen-bond acceptors (Lipinski definition) is 6. The smallest absolute Gasteiger partial charge is 0.410 e. The number of nitrogens with one attached hydrogen (secondary N) is 1. The van der Waals surface area contributed by atoms with Gasteiger partial charge in [0.1, 0.15) is 6.10 Å². The van der Waals surface area contributed by atoms with Gasteiger partial charge in [-0.1, -0.05) is 0 Å². The SMILES string of the molecule is O=C(O)CN1CCN(CC2CN(C3CCNCC3)C(=O)O2)CC1. The second kappa shape index (κ2) is 7.46. The van der Waals surface area contributed by atoms with Crippen LogP contribution >= 0.6 is 0 Å². The van der Waals surface area contributed by atoms with Gasteiger partial charge in [-0.05, 0) is 25.9 Å². The van der Waals surface area contributed by atoms with Crippen LogP contribution in [0.25, 0.3) is 0 Å². The molecule has 0 bridgehead atoms. The molecule has 2 N–H and O–H groups in total. The van der Waals surface area contributed by atoms with Crippen LogP contribution in [-0.4, -0.2) is 103 Å². The van der Waals surface area contributed by atoms with Crippen molar-refractivity contribution in [3.8, 4) is 0 Å². The van der Waals surface area contributed by atoms with Crippen LogP contribution in [-0.2, 0) is 9.53 Å². The summed E-state index contributed by atoms with van der Waals surface area (Å²) in [5.74, 6) is -0.777. The Bertz CT molecular complexity index is 433. The van der Waals surface area contributed by atoms with Gasteiger partial charge in [-0.2, -0.15) is 0 Å². The number of cyclic esters (lactones) is 1. The Morgan fingerprint density at radius 3 is 2.48 bits per heavy atom. The number of carboxylic acid groups (broad SMARTS) is 1. The molecule has 1 unspecified atom stereocenters. The minimum absolute atomic E-state index is 0.0663. The van der Waals surface area contributed by atoms with E-state index >= 15 is 0 Å². The lowest BCUT2D eigenvalue weighted by Crippen LogP contribution is -2.50. The molecule has 8 nitrogen and oxygen atoms in total. The van der Waals surface area contributed by atoms with Crippen LogP contribution in [0.3, 0.4) is 0 Å².